The Kier molecular flexibility index (Phi) is 5.20. The maximum absolute atomic E-state index is 5.16. The molecule has 0 aliphatic rings. The number of nitrogens with one attached hydrogen (secondary N) is 2. The van der Waals surface area contributed by atoms with Crippen LogP contribution in [0.5, 0.6) is 0 Å². The predicted molar refractivity (Wildman–Crippen MR) is 90.1 cm³/mol. The maximum Gasteiger partial charge on any atom is 0.191 e. The van der Waals surface area contributed by atoms with Gasteiger partial charge in [-0.3, -0.25) is 10.4 Å². The van der Waals surface area contributed by atoms with Crippen LogP contribution in [0.2, 0.25) is 0 Å². The molecular formula is C14H13BrN4S. The van der Waals surface area contributed by atoms with Gasteiger partial charge in [0, 0.05) is 28.1 Å². The van der Waals surface area contributed by atoms with Crippen molar-refractivity contribution in [2.75, 3.05) is 5.32 Å². The van der Waals surface area contributed by atoms with Crippen LogP contribution >= 0.6 is 28.1 Å². The number of nitrogens with zero attached hydrogens (tertiary/aromatic N) is 2. The van der Waals surface area contributed by atoms with Gasteiger partial charge >= 0.3 is 0 Å². The minimum absolute atomic E-state index is 0.437. The number of rotatable bonds is 3. The number of aryl methyl sites for hydroxylation is 1. The Balaban J connectivity index is 1.89. The summed E-state index contributed by atoms with van der Waals surface area (Å²) in [5, 5.41) is 7.55. The van der Waals surface area contributed by atoms with Gasteiger partial charge in [-0.2, -0.15) is 5.10 Å². The Bertz CT molecular complexity index is 628. The zero-order chi connectivity index (χ0) is 14.4. The van der Waals surface area contributed by atoms with Crippen LogP contribution in [-0.4, -0.2) is 16.3 Å². The summed E-state index contributed by atoms with van der Waals surface area (Å²) in [6, 6.07) is 9.67. The van der Waals surface area contributed by atoms with Crippen molar-refractivity contribution in [3.8, 4) is 0 Å². The number of hydrogen-bond donors (Lipinski definition) is 2. The van der Waals surface area contributed by atoms with Crippen LogP contribution in [0.25, 0.3) is 0 Å². The molecule has 2 aromatic rings. The Morgan fingerprint density at radius 3 is 2.95 bits per heavy atom. The Hall–Kier alpha value is -1.79. The maximum atomic E-state index is 5.16. The summed E-state index contributed by atoms with van der Waals surface area (Å²) < 4.78 is 1.07. The topological polar surface area (TPSA) is 49.3 Å². The number of hydrogen-bond acceptors (Lipinski definition) is 3. The van der Waals surface area contributed by atoms with Crippen LogP contribution in [0.1, 0.15) is 11.1 Å². The lowest BCUT2D eigenvalue weighted by Crippen LogP contribution is -2.23. The van der Waals surface area contributed by atoms with E-state index >= 15 is 0 Å². The molecule has 0 atom stereocenters. The average Bonchev–Trinajstić information content (AvgIpc) is 2.44. The summed E-state index contributed by atoms with van der Waals surface area (Å²) in [6.45, 7) is 2.02. The zero-order valence-corrected chi connectivity index (χ0v) is 13.2. The van der Waals surface area contributed by atoms with Gasteiger partial charge in [-0.15, -0.1) is 0 Å². The fraction of sp³-hybridized carbons (Fsp3) is 0.0714. The van der Waals surface area contributed by atoms with E-state index in [1.807, 2.05) is 37.3 Å². The first-order valence-electron chi connectivity index (χ1n) is 5.91. The third-order valence-electron chi connectivity index (χ3n) is 2.48. The Morgan fingerprint density at radius 2 is 2.25 bits per heavy atom. The first-order valence-corrected chi connectivity index (χ1v) is 7.11. The van der Waals surface area contributed by atoms with Crippen LogP contribution in [-0.2, 0) is 0 Å². The standard InChI is InChI=1S/C14H13BrN4S/c1-10-7-12(4-5-13(10)15)18-14(20)19-17-9-11-3-2-6-16-8-11/h2-9H,1H3,(H2,18,19,20). The van der Waals surface area contributed by atoms with Crippen molar-refractivity contribution in [3.05, 3.63) is 58.3 Å². The number of thiocarbonyl (C=S) groups is 1. The van der Waals surface area contributed by atoms with Crippen molar-refractivity contribution in [1.82, 2.24) is 10.4 Å². The molecule has 0 amide bonds. The van der Waals surface area contributed by atoms with Crippen LogP contribution in [0.4, 0.5) is 5.69 Å². The molecular weight excluding hydrogens is 336 g/mol. The molecule has 6 heteroatoms. The largest absolute Gasteiger partial charge is 0.331 e. The summed E-state index contributed by atoms with van der Waals surface area (Å²) in [6.07, 6.45) is 5.10. The molecule has 0 fully saturated rings. The van der Waals surface area contributed by atoms with Gasteiger partial charge in [0.25, 0.3) is 0 Å². The second kappa shape index (κ2) is 7.12. The second-order valence-electron chi connectivity index (χ2n) is 4.07. The molecule has 2 rings (SSSR count). The van der Waals surface area contributed by atoms with E-state index in [0.29, 0.717) is 5.11 Å². The van der Waals surface area contributed by atoms with Gasteiger partial charge in [0.2, 0.25) is 0 Å². The van der Waals surface area contributed by atoms with Crippen molar-refractivity contribution in [1.29, 1.82) is 0 Å². The summed E-state index contributed by atoms with van der Waals surface area (Å²) in [7, 11) is 0. The molecule has 0 aliphatic heterocycles. The molecule has 0 aliphatic carbocycles. The molecule has 0 bridgehead atoms. The number of hydrazone groups is 1. The van der Waals surface area contributed by atoms with E-state index in [9.17, 15) is 0 Å². The van der Waals surface area contributed by atoms with Gasteiger partial charge in [0.15, 0.2) is 5.11 Å². The lowest BCUT2D eigenvalue weighted by atomic mass is 10.2. The molecule has 4 nitrogen and oxygen atoms in total. The van der Waals surface area contributed by atoms with Crippen molar-refractivity contribution >= 4 is 45.2 Å². The third-order valence-corrected chi connectivity index (χ3v) is 3.56. The second-order valence-corrected chi connectivity index (χ2v) is 5.34. The van der Waals surface area contributed by atoms with E-state index in [1.54, 1.807) is 18.6 Å². The fourth-order valence-electron chi connectivity index (χ4n) is 1.50. The first kappa shape index (κ1) is 14.6. The fourth-order valence-corrected chi connectivity index (χ4v) is 1.92. The van der Waals surface area contributed by atoms with Gasteiger partial charge in [-0.1, -0.05) is 22.0 Å². The predicted octanol–water partition coefficient (Wildman–Crippen LogP) is 3.47. The Labute approximate surface area is 131 Å². The van der Waals surface area contributed by atoms with E-state index in [0.717, 1.165) is 21.3 Å². The van der Waals surface area contributed by atoms with E-state index in [-0.39, 0.29) is 0 Å². The molecule has 0 saturated carbocycles. The summed E-state index contributed by atoms with van der Waals surface area (Å²) in [5.74, 6) is 0. The van der Waals surface area contributed by atoms with Gasteiger partial charge in [-0.05, 0) is 49.0 Å². The van der Waals surface area contributed by atoms with Gasteiger partial charge in [-0.25, -0.2) is 0 Å². The highest BCUT2D eigenvalue weighted by atomic mass is 79.9. The highest BCUT2D eigenvalue weighted by Crippen LogP contribution is 2.19. The molecule has 2 N–H and O–H groups in total. The SMILES string of the molecule is Cc1cc(NC(=S)NN=Cc2cccnc2)ccc1Br. The van der Waals surface area contributed by atoms with Crippen molar-refractivity contribution < 1.29 is 0 Å². The smallest absolute Gasteiger partial charge is 0.191 e. The molecule has 102 valence electrons. The molecule has 0 spiro atoms. The number of aromatic nitrogens is 1. The van der Waals surface area contributed by atoms with Crippen LogP contribution < -0.4 is 10.7 Å². The van der Waals surface area contributed by atoms with Gasteiger partial charge in [0.05, 0.1) is 6.21 Å². The van der Waals surface area contributed by atoms with Crippen molar-refractivity contribution in [3.63, 3.8) is 0 Å². The summed E-state index contributed by atoms with van der Waals surface area (Å²) in [5.41, 5.74) is 5.72. The van der Waals surface area contributed by atoms with Gasteiger partial charge < -0.3 is 5.32 Å². The normalized spacial score (nSPS) is 10.5. The zero-order valence-electron chi connectivity index (χ0n) is 10.8. The summed E-state index contributed by atoms with van der Waals surface area (Å²) in [4.78, 5) is 4.00. The minimum Gasteiger partial charge on any atom is -0.331 e. The molecule has 0 saturated heterocycles. The molecule has 20 heavy (non-hydrogen) atoms. The van der Waals surface area contributed by atoms with E-state index in [2.05, 4.69) is 36.8 Å². The monoisotopic (exact) mass is 348 g/mol. The van der Waals surface area contributed by atoms with Crippen LogP contribution in [0.3, 0.4) is 0 Å². The third kappa shape index (κ3) is 4.40. The highest BCUT2D eigenvalue weighted by Gasteiger charge is 1.99. The van der Waals surface area contributed by atoms with Gasteiger partial charge in [0.1, 0.15) is 0 Å². The molecule has 0 unspecified atom stereocenters. The quantitative estimate of drug-likeness (QED) is 0.506. The number of halogens is 1. The summed E-state index contributed by atoms with van der Waals surface area (Å²) >= 11 is 8.62. The lowest BCUT2D eigenvalue weighted by Gasteiger charge is -2.08. The average molecular weight is 349 g/mol. The number of benzene rings is 1. The van der Waals surface area contributed by atoms with E-state index < -0.39 is 0 Å². The van der Waals surface area contributed by atoms with Crippen molar-refractivity contribution in [2.45, 2.75) is 6.92 Å². The van der Waals surface area contributed by atoms with Crippen molar-refractivity contribution in [2.24, 2.45) is 5.10 Å². The molecule has 1 aromatic heterocycles. The number of anilines is 1. The Morgan fingerprint density at radius 1 is 1.40 bits per heavy atom. The number of pyridine rings is 1. The van der Waals surface area contributed by atoms with Crippen LogP contribution in [0, 0.1) is 6.92 Å². The first-order chi connectivity index (χ1) is 9.65. The minimum atomic E-state index is 0.437. The lowest BCUT2D eigenvalue weighted by molar-refractivity contribution is 1.05. The molecule has 1 aromatic carbocycles. The van der Waals surface area contributed by atoms with E-state index in [4.69, 9.17) is 12.2 Å². The van der Waals surface area contributed by atoms with Crippen LogP contribution in [0.15, 0.2) is 52.3 Å². The molecule has 1 heterocycles. The molecule has 0 radical (unpaired) electrons. The highest BCUT2D eigenvalue weighted by molar-refractivity contribution is 9.10. The van der Waals surface area contributed by atoms with E-state index in [1.165, 1.54) is 0 Å².